The first-order valence-electron chi connectivity index (χ1n) is 10.2. The molecule has 0 radical (unpaired) electrons. The second-order valence-corrected chi connectivity index (χ2v) is 6.40. The molecule has 2 N–H and O–H groups in total. The Morgan fingerprint density at radius 1 is 0.806 bits per heavy atom. The first-order valence-corrected chi connectivity index (χ1v) is 10.2. The number of amides is 2. The monoisotopic (exact) mass is 422 g/mol. The molecule has 162 valence electrons. The van der Waals surface area contributed by atoms with Gasteiger partial charge in [-0.25, -0.2) is 4.79 Å². The SMILES string of the molecule is CCOc1ccc(NC(=O)NCCOc2ccc(-c3ccc(OCC)cc3)nn2)cc1. The van der Waals surface area contributed by atoms with Gasteiger partial charge in [0.2, 0.25) is 5.88 Å². The Morgan fingerprint density at radius 3 is 2.03 bits per heavy atom. The molecule has 0 saturated carbocycles. The third-order valence-electron chi connectivity index (χ3n) is 4.16. The fourth-order valence-corrected chi connectivity index (χ4v) is 2.74. The molecule has 0 fully saturated rings. The number of carbonyl (C=O) groups excluding carboxylic acids is 1. The highest BCUT2D eigenvalue weighted by Crippen LogP contribution is 2.21. The van der Waals surface area contributed by atoms with Crippen LogP contribution >= 0.6 is 0 Å². The minimum absolute atomic E-state index is 0.272. The van der Waals surface area contributed by atoms with Crippen molar-refractivity contribution in [2.45, 2.75) is 13.8 Å². The van der Waals surface area contributed by atoms with Crippen LogP contribution in [0.2, 0.25) is 0 Å². The molecular weight excluding hydrogens is 396 g/mol. The zero-order chi connectivity index (χ0) is 21.9. The first-order chi connectivity index (χ1) is 15.2. The predicted molar refractivity (Wildman–Crippen MR) is 119 cm³/mol. The second-order valence-electron chi connectivity index (χ2n) is 6.40. The van der Waals surface area contributed by atoms with Crippen LogP contribution in [0.1, 0.15) is 13.8 Å². The van der Waals surface area contributed by atoms with Crippen molar-refractivity contribution < 1.29 is 19.0 Å². The molecule has 31 heavy (non-hydrogen) atoms. The third kappa shape index (κ3) is 6.88. The molecule has 0 bridgehead atoms. The molecule has 0 unspecified atom stereocenters. The van der Waals surface area contributed by atoms with Gasteiger partial charge < -0.3 is 24.8 Å². The maximum absolute atomic E-state index is 12.0. The smallest absolute Gasteiger partial charge is 0.319 e. The number of urea groups is 1. The Labute approximate surface area is 181 Å². The van der Waals surface area contributed by atoms with E-state index in [2.05, 4.69) is 20.8 Å². The van der Waals surface area contributed by atoms with Gasteiger partial charge in [-0.2, -0.15) is 0 Å². The molecule has 8 heteroatoms. The lowest BCUT2D eigenvalue weighted by Gasteiger charge is -2.09. The number of nitrogens with zero attached hydrogens (tertiary/aromatic N) is 2. The zero-order valence-corrected chi connectivity index (χ0v) is 17.6. The summed E-state index contributed by atoms with van der Waals surface area (Å²) in [6.45, 7) is 5.69. The number of carbonyl (C=O) groups is 1. The number of rotatable bonds is 10. The number of ether oxygens (including phenoxy) is 3. The summed E-state index contributed by atoms with van der Waals surface area (Å²) >= 11 is 0. The molecule has 1 heterocycles. The van der Waals surface area contributed by atoms with Gasteiger partial charge in [-0.1, -0.05) is 0 Å². The number of hydrogen-bond acceptors (Lipinski definition) is 6. The molecular formula is C23H26N4O4. The van der Waals surface area contributed by atoms with E-state index >= 15 is 0 Å². The van der Waals surface area contributed by atoms with Crippen LogP contribution in [0.3, 0.4) is 0 Å². The van der Waals surface area contributed by atoms with Crippen LogP contribution in [0.15, 0.2) is 60.7 Å². The largest absolute Gasteiger partial charge is 0.494 e. The van der Waals surface area contributed by atoms with Crippen LogP contribution in [-0.4, -0.2) is 42.6 Å². The fraction of sp³-hybridized carbons (Fsp3) is 0.261. The Hall–Kier alpha value is -3.81. The molecule has 0 aliphatic heterocycles. The molecule has 2 aromatic carbocycles. The molecule has 2 amide bonds. The van der Waals surface area contributed by atoms with Gasteiger partial charge in [-0.15, -0.1) is 10.2 Å². The van der Waals surface area contributed by atoms with Crippen molar-refractivity contribution in [3.05, 3.63) is 60.7 Å². The average Bonchev–Trinajstić information content (AvgIpc) is 2.79. The van der Waals surface area contributed by atoms with E-state index in [9.17, 15) is 4.79 Å². The summed E-state index contributed by atoms with van der Waals surface area (Å²) in [7, 11) is 0. The van der Waals surface area contributed by atoms with Crippen molar-refractivity contribution in [3.8, 4) is 28.6 Å². The average molecular weight is 422 g/mol. The van der Waals surface area contributed by atoms with Crippen molar-refractivity contribution in [1.82, 2.24) is 15.5 Å². The van der Waals surface area contributed by atoms with E-state index in [4.69, 9.17) is 14.2 Å². The number of nitrogens with one attached hydrogen (secondary N) is 2. The molecule has 3 aromatic rings. The Kier molecular flexibility index (Phi) is 8.05. The molecule has 0 aliphatic rings. The normalized spacial score (nSPS) is 10.3. The van der Waals surface area contributed by atoms with Crippen molar-refractivity contribution >= 4 is 11.7 Å². The van der Waals surface area contributed by atoms with Crippen LogP contribution < -0.4 is 24.8 Å². The lowest BCUT2D eigenvalue weighted by molar-refractivity contribution is 0.246. The van der Waals surface area contributed by atoms with E-state index in [1.54, 1.807) is 30.3 Å². The van der Waals surface area contributed by atoms with Gasteiger partial charge in [0.05, 0.1) is 25.5 Å². The van der Waals surface area contributed by atoms with Crippen molar-refractivity contribution in [2.24, 2.45) is 0 Å². The Morgan fingerprint density at radius 2 is 1.45 bits per heavy atom. The maximum Gasteiger partial charge on any atom is 0.319 e. The lowest BCUT2D eigenvalue weighted by Crippen LogP contribution is -2.32. The third-order valence-corrected chi connectivity index (χ3v) is 4.16. The summed E-state index contributed by atoms with van der Waals surface area (Å²) in [5.74, 6) is 1.97. The van der Waals surface area contributed by atoms with E-state index in [0.29, 0.717) is 31.3 Å². The number of anilines is 1. The van der Waals surface area contributed by atoms with Crippen LogP contribution in [0.25, 0.3) is 11.3 Å². The summed E-state index contributed by atoms with van der Waals surface area (Å²) < 4.78 is 16.3. The quantitative estimate of drug-likeness (QED) is 0.477. The van der Waals surface area contributed by atoms with E-state index in [1.165, 1.54) is 0 Å². The van der Waals surface area contributed by atoms with Crippen molar-refractivity contribution in [2.75, 3.05) is 31.7 Å². The first kappa shape index (κ1) is 21.9. The van der Waals surface area contributed by atoms with E-state index in [1.807, 2.05) is 44.2 Å². The van der Waals surface area contributed by atoms with Gasteiger partial charge in [-0.05, 0) is 68.4 Å². The number of aromatic nitrogens is 2. The molecule has 0 atom stereocenters. The van der Waals surface area contributed by atoms with E-state index < -0.39 is 0 Å². The Balaban J connectivity index is 1.39. The van der Waals surface area contributed by atoms with Gasteiger partial charge in [-0.3, -0.25) is 0 Å². The van der Waals surface area contributed by atoms with Gasteiger partial charge >= 0.3 is 6.03 Å². The lowest BCUT2D eigenvalue weighted by atomic mass is 10.1. The zero-order valence-electron chi connectivity index (χ0n) is 17.6. The number of hydrogen-bond donors (Lipinski definition) is 2. The highest BCUT2D eigenvalue weighted by atomic mass is 16.5. The molecule has 1 aromatic heterocycles. The number of benzene rings is 2. The fourth-order valence-electron chi connectivity index (χ4n) is 2.74. The van der Waals surface area contributed by atoms with E-state index in [0.717, 1.165) is 22.8 Å². The van der Waals surface area contributed by atoms with Crippen LogP contribution in [-0.2, 0) is 0 Å². The van der Waals surface area contributed by atoms with Crippen molar-refractivity contribution in [3.63, 3.8) is 0 Å². The minimum Gasteiger partial charge on any atom is -0.494 e. The topological polar surface area (TPSA) is 94.6 Å². The molecule has 0 aliphatic carbocycles. The highest BCUT2D eigenvalue weighted by molar-refractivity contribution is 5.89. The summed E-state index contributed by atoms with van der Waals surface area (Å²) in [6.07, 6.45) is 0. The van der Waals surface area contributed by atoms with Gasteiger partial charge in [0, 0.05) is 17.3 Å². The summed E-state index contributed by atoms with van der Waals surface area (Å²) in [4.78, 5) is 12.0. The predicted octanol–water partition coefficient (Wildman–Crippen LogP) is 4.14. The standard InChI is InChI=1S/C23H26N4O4/c1-3-29-19-9-5-17(6-10-19)21-13-14-22(27-26-21)31-16-15-24-23(28)25-18-7-11-20(12-8-18)30-4-2/h5-14H,3-4,15-16H2,1-2H3,(H2,24,25,28). The second kappa shape index (κ2) is 11.4. The summed E-state index contributed by atoms with van der Waals surface area (Å²) in [6, 6.07) is 18.1. The van der Waals surface area contributed by atoms with Gasteiger partial charge in [0.25, 0.3) is 0 Å². The Bertz CT molecular complexity index is 945. The summed E-state index contributed by atoms with van der Waals surface area (Å²) in [5.41, 5.74) is 2.36. The maximum atomic E-state index is 12.0. The highest BCUT2D eigenvalue weighted by Gasteiger charge is 2.04. The van der Waals surface area contributed by atoms with Gasteiger partial charge in [0.15, 0.2) is 0 Å². The molecule has 8 nitrogen and oxygen atoms in total. The van der Waals surface area contributed by atoms with Crippen LogP contribution in [0.4, 0.5) is 10.5 Å². The minimum atomic E-state index is -0.315. The van der Waals surface area contributed by atoms with Crippen molar-refractivity contribution in [1.29, 1.82) is 0 Å². The van der Waals surface area contributed by atoms with E-state index in [-0.39, 0.29) is 12.6 Å². The molecule has 0 saturated heterocycles. The van der Waals surface area contributed by atoms with Crippen LogP contribution in [0, 0.1) is 0 Å². The summed E-state index contributed by atoms with van der Waals surface area (Å²) in [5, 5.41) is 13.7. The van der Waals surface area contributed by atoms with Crippen LogP contribution in [0.5, 0.6) is 17.4 Å². The molecule has 3 rings (SSSR count). The van der Waals surface area contributed by atoms with Gasteiger partial charge in [0.1, 0.15) is 18.1 Å². The molecule has 0 spiro atoms.